The van der Waals surface area contributed by atoms with Gasteiger partial charge in [-0.1, -0.05) is 25.8 Å². The maximum absolute atomic E-state index is 11.8. The summed E-state index contributed by atoms with van der Waals surface area (Å²) in [4.78, 5) is 3.89. The van der Waals surface area contributed by atoms with Gasteiger partial charge in [-0.2, -0.15) is 0 Å². The third-order valence-corrected chi connectivity index (χ3v) is 3.76. The molecular weight excluding hydrogens is 238 g/mol. The highest BCUT2D eigenvalue weighted by molar-refractivity contribution is 7.89. The number of nitrogens with two attached hydrogens (primary N) is 1. The lowest BCUT2D eigenvalue weighted by Gasteiger charge is -2.06. The van der Waals surface area contributed by atoms with Gasteiger partial charge in [0, 0.05) is 19.3 Å². The Morgan fingerprint density at radius 3 is 2.65 bits per heavy atom. The van der Waals surface area contributed by atoms with E-state index in [1.807, 2.05) is 0 Å². The van der Waals surface area contributed by atoms with Gasteiger partial charge in [-0.05, 0) is 18.1 Å². The van der Waals surface area contributed by atoms with E-state index in [1.165, 1.54) is 12.3 Å². The number of rotatable bonds is 7. The van der Waals surface area contributed by atoms with Crippen LogP contribution in [0, 0.1) is 0 Å². The van der Waals surface area contributed by atoms with Crippen LogP contribution in [0.3, 0.4) is 0 Å². The number of aromatic nitrogens is 1. The van der Waals surface area contributed by atoms with E-state index in [1.54, 1.807) is 6.07 Å². The lowest BCUT2D eigenvalue weighted by atomic mass is 10.3. The number of hydrogen-bond donors (Lipinski definition) is 2. The van der Waals surface area contributed by atoms with Gasteiger partial charge in [0.25, 0.3) is 10.0 Å². The topological polar surface area (TPSA) is 85.1 Å². The second kappa shape index (κ2) is 6.68. The van der Waals surface area contributed by atoms with Gasteiger partial charge in [0.05, 0.1) is 0 Å². The zero-order valence-electron chi connectivity index (χ0n) is 10.0. The van der Waals surface area contributed by atoms with Crippen molar-refractivity contribution < 1.29 is 8.42 Å². The summed E-state index contributed by atoms with van der Waals surface area (Å²) in [6, 6.07) is 3.15. The van der Waals surface area contributed by atoms with Gasteiger partial charge in [-0.15, -0.1) is 0 Å². The molecule has 5 nitrogen and oxygen atoms in total. The SMILES string of the molecule is CCCCCNS(=O)(=O)c1ccc(CN)cn1. The monoisotopic (exact) mass is 257 g/mol. The first kappa shape index (κ1) is 14.1. The predicted octanol–water partition coefficient (Wildman–Crippen LogP) is 1.01. The molecule has 1 rings (SSSR count). The average molecular weight is 257 g/mol. The minimum atomic E-state index is -3.47. The maximum atomic E-state index is 11.8. The third kappa shape index (κ3) is 4.41. The molecule has 17 heavy (non-hydrogen) atoms. The second-order valence-corrected chi connectivity index (χ2v) is 5.53. The van der Waals surface area contributed by atoms with Crippen molar-refractivity contribution in [2.24, 2.45) is 5.73 Å². The van der Waals surface area contributed by atoms with Crippen molar-refractivity contribution in [3.8, 4) is 0 Å². The summed E-state index contributed by atoms with van der Waals surface area (Å²) in [5.74, 6) is 0. The number of hydrogen-bond acceptors (Lipinski definition) is 4. The Morgan fingerprint density at radius 2 is 2.12 bits per heavy atom. The first-order valence-corrected chi connectivity index (χ1v) is 7.23. The Labute approximate surface area is 102 Å². The zero-order valence-corrected chi connectivity index (χ0v) is 10.8. The summed E-state index contributed by atoms with van der Waals surface area (Å²) in [6.07, 6.45) is 4.41. The predicted molar refractivity (Wildman–Crippen MR) is 66.8 cm³/mol. The van der Waals surface area contributed by atoms with Gasteiger partial charge in [0.15, 0.2) is 5.03 Å². The third-order valence-electron chi connectivity index (χ3n) is 2.38. The molecule has 0 aromatic carbocycles. The molecule has 96 valence electrons. The molecule has 0 spiro atoms. The van der Waals surface area contributed by atoms with Crippen LogP contribution in [0.5, 0.6) is 0 Å². The Morgan fingerprint density at radius 1 is 1.35 bits per heavy atom. The van der Waals surface area contributed by atoms with Gasteiger partial charge in [-0.3, -0.25) is 0 Å². The maximum Gasteiger partial charge on any atom is 0.258 e. The van der Waals surface area contributed by atoms with E-state index in [4.69, 9.17) is 5.73 Å². The fraction of sp³-hybridized carbons (Fsp3) is 0.545. The van der Waals surface area contributed by atoms with Crippen LogP contribution in [0.1, 0.15) is 31.7 Å². The largest absolute Gasteiger partial charge is 0.326 e. The van der Waals surface area contributed by atoms with Gasteiger partial charge < -0.3 is 5.73 Å². The van der Waals surface area contributed by atoms with Crippen molar-refractivity contribution in [2.45, 2.75) is 37.8 Å². The Balaban J connectivity index is 2.62. The molecule has 0 bridgehead atoms. The van der Waals surface area contributed by atoms with Gasteiger partial charge in [-0.25, -0.2) is 18.1 Å². The number of pyridine rings is 1. The Kier molecular flexibility index (Phi) is 5.54. The number of nitrogens with zero attached hydrogens (tertiary/aromatic N) is 1. The number of sulfonamides is 1. The van der Waals surface area contributed by atoms with Crippen molar-refractivity contribution in [3.63, 3.8) is 0 Å². The van der Waals surface area contributed by atoms with Crippen LogP contribution < -0.4 is 10.5 Å². The van der Waals surface area contributed by atoms with Crippen LogP contribution in [0.25, 0.3) is 0 Å². The number of unbranched alkanes of at least 4 members (excludes halogenated alkanes) is 2. The van der Waals surface area contributed by atoms with E-state index in [0.717, 1.165) is 24.8 Å². The van der Waals surface area contributed by atoms with Gasteiger partial charge in [0.2, 0.25) is 0 Å². The average Bonchev–Trinajstić information content (AvgIpc) is 2.35. The highest BCUT2D eigenvalue weighted by atomic mass is 32.2. The summed E-state index contributed by atoms with van der Waals surface area (Å²) in [6.45, 7) is 2.88. The molecule has 0 aliphatic rings. The Hall–Kier alpha value is -0.980. The molecule has 1 aromatic heterocycles. The van der Waals surface area contributed by atoms with E-state index < -0.39 is 10.0 Å². The lowest BCUT2D eigenvalue weighted by molar-refractivity contribution is 0.572. The standard InChI is InChI=1S/C11H19N3O2S/c1-2-3-4-7-14-17(15,16)11-6-5-10(8-12)9-13-11/h5-6,9,14H,2-4,7-8,12H2,1H3. The fourth-order valence-electron chi connectivity index (χ4n) is 1.35. The summed E-state index contributed by atoms with van der Waals surface area (Å²) >= 11 is 0. The van der Waals surface area contributed by atoms with Crippen LogP contribution >= 0.6 is 0 Å². The quantitative estimate of drug-likeness (QED) is 0.714. The molecule has 0 aliphatic carbocycles. The molecule has 0 aliphatic heterocycles. The fourth-order valence-corrected chi connectivity index (χ4v) is 2.35. The highest BCUT2D eigenvalue weighted by Crippen LogP contribution is 2.06. The first-order chi connectivity index (χ1) is 8.10. The molecule has 1 aromatic rings. The molecule has 0 atom stereocenters. The molecule has 0 saturated heterocycles. The highest BCUT2D eigenvalue weighted by Gasteiger charge is 2.14. The van der Waals surface area contributed by atoms with Crippen molar-refractivity contribution >= 4 is 10.0 Å². The van der Waals surface area contributed by atoms with E-state index in [9.17, 15) is 8.42 Å². The molecule has 0 saturated carbocycles. The van der Waals surface area contributed by atoms with E-state index >= 15 is 0 Å². The van der Waals surface area contributed by atoms with Gasteiger partial charge >= 0.3 is 0 Å². The minimum Gasteiger partial charge on any atom is -0.326 e. The second-order valence-electron chi connectivity index (χ2n) is 3.81. The normalized spacial score (nSPS) is 11.6. The lowest BCUT2D eigenvalue weighted by Crippen LogP contribution is -2.25. The first-order valence-electron chi connectivity index (χ1n) is 5.75. The molecule has 0 radical (unpaired) electrons. The summed E-state index contributed by atoms with van der Waals surface area (Å²) in [7, 11) is -3.47. The van der Waals surface area contributed by atoms with E-state index in [2.05, 4.69) is 16.6 Å². The molecule has 3 N–H and O–H groups in total. The van der Waals surface area contributed by atoms with Crippen molar-refractivity contribution in [2.75, 3.05) is 6.54 Å². The zero-order chi connectivity index (χ0) is 12.7. The summed E-state index contributed by atoms with van der Waals surface area (Å²) in [5, 5.41) is 0.0474. The van der Waals surface area contributed by atoms with Crippen LogP contribution in [0.15, 0.2) is 23.4 Å². The summed E-state index contributed by atoms with van der Waals surface area (Å²) in [5.41, 5.74) is 6.23. The van der Waals surface area contributed by atoms with Crippen LogP contribution in [-0.2, 0) is 16.6 Å². The molecule has 1 heterocycles. The molecule has 6 heteroatoms. The van der Waals surface area contributed by atoms with Crippen LogP contribution in [0.4, 0.5) is 0 Å². The van der Waals surface area contributed by atoms with Crippen molar-refractivity contribution in [1.29, 1.82) is 0 Å². The smallest absolute Gasteiger partial charge is 0.258 e. The van der Waals surface area contributed by atoms with Crippen molar-refractivity contribution in [3.05, 3.63) is 23.9 Å². The number of nitrogens with one attached hydrogen (secondary N) is 1. The summed E-state index contributed by atoms with van der Waals surface area (Å²) < 4.78 is 26.1. The minimum absolute atomic E-state index is 0.0474. The van der Waals surface area contributed by atoms with Crippen molar-refractivity contribution in [1.82, 2.24) is 9.71 Å². The molecule has 0 unspecified atom stereocenters. The van der Waals surface area contributed by atoms with Crippen LogP contribution in [-0.4, -0.2) is 19.9 Å². The molecule has 0 amide bonds. The van der Waals surface area contributed by atoms with E-state index in [0.29, 0.717) is 13.1 Å². The molecular formula is C11H19N3O2S. The van der Waals surface area contributed by atoms with E-state index in [-0.39, 0.29) is 5.03 Å². The van der Waals surface area contributed by atoms with Crippen LogP contribution in [0.2, 0.25) is 0 Å². The molecule has 0 fully saturated rings. The Bertz CT molecular complexity index is 429. The van der Waals surface area contributed by atoms with Gasteiger partial charge in [0.1, 0.15) is 0 Å².